The molecule has 0 saturated heterocycles. The number of hydrogen-bond donors (Lipinski definition) is 2. The van der Waals surface area contributed by atoms with Crippen molar-refractivity contribution in [3.05, 3.63) is 55.5 Å². The molecule has 0 heterocycles. The Morgan fingerprint density at radius 2 is 1.87 bits per heavy atom. The van der Waals surface area contributed by atoms with E-state index in [1.54, 1.807) is 19.1 Å². The summed E-state index contributed by atoms with van der Waals surface area (Å²) < 4.78 is 11.7. The van der Waals surface area contributed by atoms with Crippen molar-refractivity contribution in [1.82, 2.24) is 0 Å². The number of phenolic OH excluding ortho intramolecular Hbond substituents is 1. The molecular formula is C21H24BrNO7. The van der Waals surface area contributed by atoms with Crippen LogP contribution in [0.5, 0.6) is 17.2 Å². The van der Waals surface area contributed by atoms with Crippen LogP contribution in [0.15, 0.2) is 28.7 Å². The molecule has 0 spiro atoms. The predicted octanol–water partition coefficient (Wildman–Crippen LogP) is 4.35. The van der Waals surface area contributed by atoms with E-state index in [1.165, 1.54) is 19.1 Å². The predicted molar refractivity (Wildman–Crippen MR) is 115 cm³/mol. The van der Waals surface area contributed by atoms with Crippen LogP contribution in [0, 0.1) is 17.0 Å². The Kier molecular flexibility index (Phi) is 8.19. The number of aliphatic hydroxyl groups excluding tert-OH is 1. The molecule has 0 saturated carbocycles. The normalized spacial score (nSPS) is 11.8. The summed E-state index contributed by atoms with van der Waals surface area (Å²) >= 11 is 3.29. The first-order valence-corrected chi connectivity index (χ1v) is 10.2. The lowest BCUT2D eigenvalue weighted by Crippen LogP contribution is -2.25. The van der Waals surface area contributed by atoms with Gasteiger partial charge >= 0.3 is 0 Å². The van der Waals surface area contributed by atoms with Gasteiger partial charge in [-0.25, -0.2) is 0 Å². The van der Waals surface area contributed by atoms with E-state index in [1.807, 2.05) is 6.92 Å². The molecule has 0 amide bonds. The Morgan fingerprint density at radius 1 is 1.23 bits per heavy atom. The molecule has 2 N–H and O–H groups in total. The maximum absolute atomic E-state index is 11.6. The van der Waals surface area contributed by atoms with Crippen LogP contribution in [0.4, 0.5) is 5.69 Å². The zero-order valence-corrected chi connectivity index (χ0v) is 18.6. The van der Waals surface area contributed by atoms with Crippen molar-refractivity contribution in [3.8, 4) is 17.2 Å². The maximum Gasteiger partial charge on any atom is 0.276 e. The van der Waals surface area contributed by atoms with E-state index in [9.17, 15) is 25.1 Å². The number of carbonyl (C=O) groups excluding carboxylic acids is 1. The second kappa shape index (κ2) is 10.4. The molecule has 0 aliphatic heterocycles. The number of nitro groups is 1. The molecule has 2 aromatic carbocycles. The SMILES string of the molecule is CCCc1c(OCC(O)COc2cc([N+](=O)[O-])c(C)cc2Br)ccc(C(C)=O)c1O. The van der Waals surface area contributed by atoms with E-state index in [4.69, 9.17) is 9.47 Å². The number of ketones is 1. The summed E-state index contributed by atoms with van der Waals surface area (Å²) in [5.41, 5.74) is 1.14. The smallest absolute Gasteiger partial charge is 0.276 e. The lowest BCUT2D eigenvalue weighted by molar-refractivity contribution is -0.385. The van der Waals surface area contributed by atoms with Crippen LogP contribution in [0.1, 0.15) is 41.8 Å². The van der Waals surface area contributed by atoms with Crippen molar-refractivity contribution < 1.29 is 29.4 Å². The number of ether oxygens (including phenoxy) is 2. The third kappa shape index (κ3) is 5.70. The fourth-order valence-electron chi connectivity index (χ4n) is 2.90. The minimum Gasteiger partial charge on any atom is -0.507 e. The first-order chi connectivity index (χ1) is 14.1. The number of rotatable bonds is 10. The van der Waals surface area contributed by atoms with Gasteiger partial charge in [-0.2, -0.15) is 0 Å². The highest BCUT2D eigenvalue weighted by molar-refractivity contribution is 9.10. The molecule has 162 valence electrons. The summed E-state index contributed by atoms with van der Waals surface area (Å²) in [6.07, 6.45) is 0.216. The second-order valence-corrected chi connectivity index (χ2v) is 7.70. The Bertz CT molecular complexity index is 945. The minimum absolute atomic E-state index is 0.0795. The van der Waals surface area contributed by atoms with Crippen molar-refractivity contribution in [3.63, 3.8) is 0 Å². The molecule has 9 heteroatoms. The van der Waals surface area contributed by atoms with Crippen LogP contribution >= 0.6 is 15.9 Å². The van der Waals surface area contributed by atoms with Crippen LogP contribution < -0.4 is 9.47 Å². The summed E-state index contributed by atoms with van der Waals surface area (Å²) in [5, 5.41) is 31.7. The summed E-state index contributed by atoms with van der Waals surface area (Å²) in [4.78, 5) is 22.2. The molecule has 8 nitrogen and oxygen atoms in total. The van der Waals surface area contributed by atoms with Gasteiger partial charge < -0.3 is 19.7 Å². The largest absolute Gasteiger partial charge is 0.507 e. The molecule has 0 aliphatic rings. The Labute approximate surface area is 182 Å². The summed E-state index contributed by atoms with van der Waals surface area (Å²) in [7, 11) is 0. The average molecular weight is 482 g/mol. The van der Waals surface area contributed by atoms with Gasteiger partial charge in [-0.1, -0.05) is 13.3 Å². The van der Waals surface area contributed by atoms with Gasteiger partial charge in [-0.3, -0.25) is 14.9 Å². The highest BCUT2D eigenvalue weighted by Crippen LogP contribution is 2.34. The van der Waals surface area contributed by atoms with Crippen molar-refractivity contribution in [1.29, 1.82) is 0 Å². The highest BCUT2D eigenvalue weighted by atomic mass is 79.9. The monoisotopic (exact) mass is 481 g/mol. The number of nitrogens with zero attached hydrogens (tertiary/aromatic N) is 1. The van der Waals surface area contributed by atoms with Gasteiger partial charge in [0.25, 0.3) is 5.69 Å². The molecule has 1 unspecified atom stereocenters. The van der Waals surface area contributed by atoms with E-state index in [-0.39, 0.29) is 41.7 Å². The Morgan fingerprint density at radius 3 is 2.43 bits per heavy atom. The molecule has 0 bridgehead atoms. The number of Topliss-reactive ketones (excluding diaryl/α,β-unsaturated/α-hetero) is 1. The maximum atomic E-state index is 11.6. The fraction of sp³-hybridized carbons (Fsp3) is 0.381. The topological polar surface area (TPSA) is 119 Å². The quantitative estimate of drug-likeness (QED) is 0.294. The number of aryl methyl sites for hydroxylation is 1. The van der Waals surface area contributed by atoms with E-state index < -0.39 is 11.0 Å². The van der Waals surface area contributed by atoms with Crippen molar-refractivity contribution in [2.75, 3.05) is 13.2 Å². The van der Waals surface area contributed by atoms with Crippen LogP contribution in [0.3, 0.4) is 0 Å². The Hall–Kier alpha value is -2.65. The number of hydrogen-bond acceptors (Lipinski definition) is 7. The number of carbonyl (C=O) groups is 1. The third-order valence-corrected chi connectivity index (χ3v) is 5.05. The van der Waals surface area contributed by atoms with Crippen LogP contribution in [0.2, 0.25) is 0 Å². The molecule has 2 rings (SSSR count). The third-order valence-electron chi connectivity index (χ3n) is 4.43. The van der Waals surface area contributed by atoms with Gasteiger partial charge in [0.05, 0.1) is 21.0 Å². The lowest BCUT2D eigenvalue weighted by atomic mass is 10.0. The van der Waals surface area contributed by atoms with Gasteiger partial charge in [-0.15, -0.1) is 0 Å². The number of halogens is 1. The fourth-order valence-corrected chi connectivity index (χ4v) is 3.47. The van der Waals surface area contributed by atoms with Gasteiger partial charge in [0, 0.05) is 11.1 Å². The number of nitro benzene ring substituents is 1. The molecule has 1 atom stereocenters. The first-order valence-electron chi connectivity index (χ1n) is 9.39. The molecule has 0 aromatic heterocycles. The first kappa shape index (κ1) is 23.6. The van der Waals surface area contributed by atoms with Crippen molar-refractivity contribution >= 4 is 27.4 Å². The number of aliphatic hydroxyl groups is 1. The number of aromatic hydroxyl groups is 1. The highest BCUT2D eigenvalue weighted by Gasteiger charge is 2.19. The molecule has 30 heavy (non-hydrogen) atoms. The van der Waals surface area contributed by atoms with Crippen LogP contribution in [-0.2, 0) is 6.42 Å². The summed E-state index contributed by atoms with van der Waals surface area (Å²) in [6, 6.07) is 5.95. The van der Waals surface area contributed by atoms with Gasteiger partial charge in [0.2, 0.25) is 0 Å². The Balaban J connectivity index is 2.06. The van der Waals surface area contributed by atoms with Gasteiger partial charge in [0.1, 0.15) is 36.6 Å². The van der Waals surface area contributed by atoms with E-state index in [2.05, 4.69) is 15.9 Å². The van der Waals surface area contributed by atoms with Crippen LogP contribution in [-0.4, -0.2) is 40.2 Å². The molecule has 0 radical (unpaired) electrons. The second-order valence-electron chi connectivity index (χ2n) is 6.85. The molecule has 2 aromatic rings. The van der Waals surface area contributed by atoms with E-state index in [0.29, 0.717) is 27.8 Å². The van der Waals surface area contributed by atoms with E-state index >= 15 is 0 Å². The van der Waals surface area contributed by atoms with Gasteiger partial charge in [-0.05, 0) is 54.4 Å². The zero-order valence-electron chi connectivity index (χ0n) is 17.0. The summed E-state index contributed by atoms with van der Waals surface area (Å²) in [6.45, 7) is 4.65. The van der Waals surface area contributed by atoms with E-state index in [0.717, 1.165) is 6.42 Å². The number of benzene rings is 2. The zero-order chi connectivity index (χ0) is 22.4. The van der Waals surface area contributed by atoms with Crippen molar-refractivity contribution in [2.45, 2.75) is 39.7 Å². The molecule has 0 aliphatic carbocycles. The number of phenols is 1. The molecule has 0 fully saturated rings. The van der Waals surface area contributed by atoms with Crippen molar-refractivity contribution in [2.24, 2.45) is 0 Å². The lowest BCUT2D eigenvalue weighted by Gasteiger charge is -2.17. The van der Waals surface area contributed by atoms with Gasteiger partial charge in [0.15, 0.2) is 5.78 Å². The minimum atomic E-state index is -1.03. The standard InChI is InChI=1S/C21H24BrNO7/c1-4-5-16-19(7-6-15(13(3)24)21(16)26)29-10-14(25)11-30-20-9-18(23(27)28)12(2)8-17(20)22/h6-9,14,25-26H,4-5,10-11H2,1-3H3. The summed E-state index contributed by atoms with van der Waals surface area (Å²) in [5.74, 6) is 0.262. The average Bonchev–Trinajstić information content (AvgIpc) is 2.67. The van der Waals surface area contributed by atoms with Crippen LogP contribution in [0.25, 0.3) is 0 Å². The molecular weight excluding hydrogens is 458 g/mol.